The van der Waals surface area contributed by atoms with Crippen LogP contribution in [0.15, 0.2) is 58.1 Å². The fourth-order valence-electron chi connectivity index (χ4n) is 2.89. The smallest absolute Gasteiger partial charge is 0.190 e. The Morgan fingerprint density at radius 3 is 2.61 bits per heavy atom. The van der Waals surface area contributed by atoms with Gasteiger partial charge in [0.2, 0.25) is 0 Å². The molecule has 0 amide bonds. The van der Waals surface area contributed by atoms with Crippen molar-refractivity contribution in [3.63, 3.8) is 0 Å². The molecule has 1 aromatic carbocycles. The van der Waals surface area contributed by atoms with Gasteiger partial charge in [-0.2, -0.15) is 0 Å². The molecule has 0 unspecified atom stereocenters. The third kappa shape index (κ3) is 4.35. The minimum Gasteiger partial charge on any atom is -0.542 e. The molecule has 7 nitrogen and oxygen atoms in total. The molecule has 0 saturated carbocycles. The summed E-state index contributed by atoms with van der Waals surface area (Å²) in [7, 11) is 0. The first-order valence-electron chi connectivity index (χ1n) is 8.89. The number of morpholine rings is 1. The molecule has 3 aromatic rings. The van der Waals surface area contributed by atoms with Crippen LogP contribution in [0, 0.1) is 0 Å². The summed E-state index contributed by atoms with van der Waals surface area (Å²) < 4.78 is 10.7. The van der Waals surface area contributed by atoms with Gasteiger partial charge in [-0.1, -0.05) is 42.1 Å². The van der Waals surface area contributed by atoms with Crippen molar-refractivity contribution in [1.29, 1.82) is 0 Å². The Kier molecular flexibility index (Phi) is 5.59. The van der Waals surface area contributed by atoms with Gasteiger partial charge in [-0.05, 0) is 12.1 Å². The third-order valence-corrected chi connectivity index (χ3v) is 5.17. The number of aromatic carboxylic acids is 1. The molecule has 1 saturated heterocycles. The molecule has 1 aliphatic heterocycles. The quantitative estimate of drug-likeness (QED) is 0.463. The van der Waals surface area contributed by atoms with Gasteiger partial charge in [0.15, 0.2) is 5.16 Å². The Bertz CT molecular complexity index is 955. The van der Waals surface area contributed by atoms with E-state index in [0.717, 1.165) is 30.2 Å². The van der Waals surface area contributed by atoms with Gasteiger partial charge in [-0.25, -0.2) is 9.97 Å². The van der Waals surface area contributed by atoms with Gasteiger partial charge in [-0.3, -0.25) is 0 Å². The maximum Gasteiger partial charge on any atom is 0.190 e. The minimum absolute atomic E-state index is 0.177. The first-order valence-corrected chi connectivity index (χ1v) is 9.88. The van der Waals surface area contributed by atoms with Crippen LogP contribution in [0.2, 0.25) is 0 Å². The van der Waals surface area contributed by atoms with Crippen LogP contribution in [0.4, 0.5) is 5.82 Å². The normalized spacial score (nSPS) is 14.2. The Morgan fingerprint density at radius 1 is 1.11 bits per heavy atom. The summed E-state index contributed by atoms with van der Waals surface area (Å²) in [5, 5.41) is 11.5. The number of nitrogens with zero attached hydrogens (tertiary/aromatic N) is 3. The lowest BCUT2D eigenvalue weighted by Crippen LogP contribution is -2.36. The molecule has 1 aliphatic rings. The number of hydrogen-bond donors (Lipinski definition) is 0. The lowest BCUT2D eigenvalue weighted by Gasteiger charge is -2.28. The first-order chi connectivity index (χ1) is 13.7. The molecule has 4 rings (SSSR count). The lowest BCUT2D eigenvalue weighted by molar-refractivity contribution is -0.257. The van der Waals surface area contributed by atoms with E-state index in [4.69, 9.17) is 14.1 Å². The van der Waals surface area contributed by atoms with E-state index in [9.17, 15) is 9.90 Å². The number of carbonyl (C=O) groups is 1. The minimum atomic E-state index is -1.33. The summed E-state index contributed by atoms with van der Waals surface area (Å²) in [5.41, 5.74) is 1.85. The molecule has 0 spiro atoms. The zero-order chi connectivity index (χ0) is 19.3. The molecule has 28 heavy (non-hydrogen) atoms. The number of carboxylic acid groups (broad SMARTS) is 1. The number of rotatable bonds is 6. The largest absolute Gasteiger partial charge is 0.542 e. The molecule has 1 fully saturated rings. The van der Waals surface area contributed by atoms with E-state index >= 15 is 0 Å². The molecule has 3 heterocycles. The fraction of sp³-hybridized carbons (Fsp3) is 0.250. The summed E-state index contributed by atoms with van der Waals surface area (Å²) in [5.74, 6) is 0.311. The van der Waals surface area contributed by atoms with Crippen molar-refractivity contribution in [3.05, 3.63) is 60.1 Å². The number of anilines is 1. The average Bonchev–Trinajstić information content (AvgIpc) is 3.23. The van der Waals surface area contributed by atoms with Crippen LogP contribution in [0.3, 0.4) is 0 Å². The molecule has 2 aromatic heterocycles. The third-order valence-electron chi connectivity index (χ3n) is 4.30. The van der Waals surface area contributed by atoms with Crippen molar-refractivity contribution in [3.8, 4) is 11.3 Å². The van der Waals surface area contributed by atoms with Crippen molar-refractivity contribution >= 4 is 23.5 Å². The van der Waals surface area contributed by atoms with Crippen molar-refractivity contribution in [2.75, 3.05) is 31.2 Å². The van der Waals surface area contributed by atoms with Crippen LogP contribution in [-0.2, 0) is 10.5 Å². The molecule has 0 aliphatic carbocycles. The average molecular weight is 396 g/mol. The second-order valence-electron chi connectivity index (χ2n) is 6.20. The van der Waals surface area contributed by atoms with Crippen molar-refractivity contribution in [2.24, 2.45) is 0 Å². The first kappa shape index (κ1) is 18.5. The number of aromatic nitrogens is 2. The van der Waals surface area contributed by atoms with Gasteiger partial charge >= 0.3 is 0 Å². The Labute approximate surface area is 166 Å². The summed E-state index contributed by atoms with van der Waals surface area (Å²) in [6.45, 7) is 2.90. The van der Waals surface area contributed by atoms with Crippen LogP contribution in [0.25, 0.3) is 11.3 Å². The van der Waals surface area contributed by atoms with E-state index in [1.54, 1.807) is 6.07 Å². The Morgan fingerprint density at radius 2 is 1.89 bits per heavy atom. The second-order valence-corrected chi connectivity index (χ2v) is 7.14. The van der Waals surface area contributed by atoms with Crippen molar-refractivity contribution < 1.29 is 19.1 Å². The highest BCUT2D eigenvalue weighted by Gasteiger charge is 2.16. The highest BCUT2D eigenvalue weighted by Crippen LogP contribution is 2.28. The highest BCUT2D eigenvalue weighted by molar-refractivity contribution is 7.98. The van der Waals surface area contributed by atoms with Crippen LogP contribution in [0.1, 0.15) is 16.3 Å². The van der Waals surface area contributed by atoms with Gasteiger partial charge in [0, 0.05) is 24.7 Å². The van der Waals surface area contributed by atoms with E-state index in [2.05, 4.69) is 9.88 Å². The molecular weight excluding hydrogens is 378 g/mol. The zero-order valence-electron chi connectivity index (χ0n) is 15.0. The predicted molar refractivity (Wildman–Crippen MR) is 103 cm³/mol. The van der Waals surface area contributed by atoms with Crippen LogP contribution < -0.4 is 10.0 Å². The van der Waals surface area contributed by atoms with Gasteiger partial charge < -0.3 is 24.0 Å². The van der Waals surface area contributed by atoms with E-state index < -0.39 is 5.97 Å². The Hall–Kier alpha value is -2.84. The van der Waals surface area contributed by atoms with Gasteiger partial charge in [0.05, 0.1) is 24.7 Å². The standard InChI is InChI=1S/C20H19N3O4S/c24-19(25)17-7-6-15(27-17)13-28-20-21-16(14-4-2-1-3-5-14)12-18(22-20)23-8-10-26-11-9-23/h1-7,12H,8-11,13H2,(H,24,25)/p-1. The number of furan rings is 1. The van der Waals surface area contributed by atoms with E-state index in [-0.39, 0.29) is 5.76 Å². The fourth-order valence-corrected chi connectivity index (χ4v) is 3.64. The maximum absolute atomic E-state index is 10.9. The topological polar surface area (TPSA) is 91.5 Å². The summed E-state index contributed by atoms with van der Waals surface area (Å²) >= 11 is 1.40. The number of hydrogen-bond acceptors (Lipinski definition) is 8. The number of benzene rings is 1. The van der Waals surface area contributed by atoms with E-state index in [0.29, 0.717) is 29.9 Å². The Balaban J connectivity index is 1.60. The summed E-state index contributed by atoms with van der Waals surface area (Å²) in [6, 6.07) is 15.0. The van der Waals surface area contributed by atoms with Gasteiger partial charge in [-0.15, -0.1) is 0 Å². The van der Waals surface area contributed by atoms with Crippen molar-refractivity contribution in [1.82, 2.24) is 9.97 Å². The van der Waals surface area contributed by atoms with Crippen LogP contribution >= 0.6 is 11.8 Å². The molecular formula is C20H18N3O4S-. The van der Waals surface area contributed by atoms with E-state index in [1.807, 2.05) is 36.4 Å². The molecule has 144 valence electrons. The summed E-state index contributed by atoms with van der Waals surface area (Å²) in [6.07, 6.45) is 0. The van der Waals surface area contributed by atoms with Crippen LogP contribution in [-0.4, -0.2) is 42.2 Å². The highest BCUT2D eigenvalue weighted by atomic mass is 32.2. The number of carbonyl (C=O) groups excluding carboxylic acids is 1. The molecule has 0 N–H and O–H groups in total. The lowest BCUT2D eigenvalue weighted by atomic mass is 10.1. The molecule has 8 heteroatoms. The predicted octanol–water partition coefficient (Wildman–Crippen LogP) is 2.23. The van der Waals surface area contributed by atoms with Crippen LogP contribution in [0.5, 0.6) is 0 Å². The molecule has 0 atom stereocenters. The maximum atomic E-state index is 10.9. The number of carboxylic acids is 1. The van der Waals surface area contributed by atoms with Crippen molar-refractivity contribution in [2.45, 2.75) is 10.9 Å². The van der Waals surface area contributed by atoms with E-state index in [1.165, 1.54) is 17.8 Å². The zero-order valence-corrected chi connectivity index (χ0v) is 15.9. The second kappa shape index (κ2) is 8.45. The molecule has 0 bridgehead atoms. The SMILES string of the molecule is O=C([O-])c1ccc(CSc2nc(-c3ccccc3)cc(N3CCOCC3)n2)o1. The summed E-state index contributed by atoms with van der Waals surface area (Å²) in [4.78, 5) is 22.4. The van der Waals surface area contributed by atoms with Gasteiger partial charge in [0.1, 0.15) is 23.3 Å². The van der Waals surface area contributed by atoms with Gasteiger partial charge in [0.25, 0.3) is 0 Å². The number of ether oxygens (including phenoxy) is 1. The number of thioether (sulfide) groups is 1. The molecule has 0 radical (unpaired) electrons. The monoisotopic (exact) mass is 396 g/mol.